The molecule has 120 valence electrons. The molecule has 0 spiro atoms. The minimum Gasteiger partial charge on any atom is -0.478 e. The van der Waals surface area contributed by atoms with Crippen molar-refractivity contribution in [1.29, 1.82) is 0 Å². The Kier molecular flexibility index (Phi) is 5.39. The number of halogens is 1. The summed E-state index contributed by atoms with van der Waals surface area (Å²) in [5.74, 6) is -1.36. The zero-order valence-corrected chi connectivity index (χ0v) is 12.7. The highest BCUT2D eigenvalue weighted by Crippen LogP contribution is 2.25. The third-order valence-electron chi connectivity index (χ3n) is 4.00. The molecule has 1 aliphatic rings. The monoisotopic (exact) mass is 327 g/mol. The van der Waals surface area contributed by atoms with Crippen LogP contribution in [0.15, 0.2) is 18.2 Å². The van der Waals surface area contributed by atoms with Gasteiger partial charge in [0.15, 0.2) is 0 Å². The van der Waals surface area contributed by atoms with Crippen LogP contribution in [-0.4, -0.2) is 57.9 Å². The second-order valence-electron chi connectivity index (χ2n) is 5.38. The van der Waals surface area contributed by atoms with Crippen molar-refractivity contribution in [2.45, 2.75) is 18.9 Å². The zero-order chi connectivity index (χ0) is 16.3. The van der Waals surface area contributed by atoms with E-state index >= 15 is 0 Å². The molecule has 0 aliphatic carbocycles. The largest absolute Gasteiger partial charge is 0.478 e. The predicted octanol–water partition coefficient (Wildman–Crippen LogP) is 1.24. The Hall–Kier alpha value is -1.63. The molecule has 0 bridgehead atoms. The zero-order valence-electron chi connectivity index (χ0n) is 11.9. The van der Waals surface area contributed by atoms with Crippen LogP contribution in [-0.2, 0) is 0 Å². The number of aliphatic hydroxyl groups excluding tert-OH is 2. The second-order valence-corrected chi connectivity index (χ2v) is 5.79. The van der Waals surface area contributed by atoms with E-state index in [-0.39, 0.29) is 34.6 Å². The lowest BCUT2D eigenvalue weighted by atomic mass is 9.91. The van der Waals surface area contributed by atoms with Crippen molar-refractivity contribution in [3.8, 4) is 0 Å². The molecule has 1 fully saturated rings. The van der Waals surface area contributed by atoms with E-state index < -0.39 is 12.1 Å². The fourth-order valence-electron chi connectivity index (χ4n) is 2.63. The van der Waals surface area contributed by atoms with E-state index in [2.05, 4.69) is 0 Å². The number of hydrogen-bond donors (Lipinski definition) is 3. The van der Waals surface area contributed by atoms with Crippen LogP contribution in [0.5, 0.6) is 0 Å². The Bertz CT molecular complexity index is 569. The van der Waals surface area contributed by atoms with Crippen molar-refractivity contribution in [3.05, 3.63) is 34.3 Å². The van der Waals surface area contributed by atoms with Crippen LogP contribution in [0.4, 0.5) is 0 Å². The van der Waals surface area contributed by atoms with Crippen molar-refractivity contribution in [2.24, 2.45) is 5.92 Å². The number of piperidine rings is 1. The summed E-state index contributed by atoms with van der Waals surface area (Å²) in [5.41, 5.74) is 0.305. The first-order valence-corrected chi connectivity index (χ1v) is 7.43. The average Bonchev–Trinajstić information content (AvgIpc) is 2.53. The molecule has 1 unspecified atom stereocenters. The van der Waals surface area contributed by atoms with Gasteiger partial charge in [-0.2, -0.15) is 0 Å². The summed E-state index contributed by atoms with van der Waals surface area (Å²) < 4.78 is 0. The summed E-state index contributed by atoms with van der Waals surface area (Å²) in [6.45, 7) is 0.663. The second kappa shape index (κ2) is 7.09. The minimum absolute atomic E-state index is 0.0149. The number of aliphatic hydroxyl groups is 2. The molecule has 1 aliphatic heterocycles. The Balaban J connectivity index is 2.05. The third kappa shape index (κ3) is 3.58. The highest BCUT2D eigenvalue weighted by atomic mass is 35.5. The third-order valence-corrected chi connectivity index (χ3v) is 4.32. The lowest BCUT2D eigenvalue weighted by Crippen LogP contribution is -2.42. The van der Waals surface area contributed by atoms with Gasteiger partial charge in [0, 0.05) is 13.1 Å². The molecule has 2 rings (SSSR count). The Labute approximate surface area is 132 Å². The van der Waals surface area contributed by atoms with Crippen LogP contribution >= 0.6 is 11.6 Å². The van der Waals surface area contributed by atoms with Gasteiger partial charge in [-0.25, -0.2) is 4.79 Å². The van der Waals surface area contributed by atoms with Gasteiger partial charge in [0.25, 0.3) is 5.91 Å². The van der Waals surface area contributed by atoms with Crippen LogP contribution in [0.3, 0.4) is 0 Å². The molecule has 1 heterocycles. The molecular formula is C15H18ClNO5. The van der Waals surface area contributed by atoms with Gasteiger partial charge in [-0.1, -0.05) is 11.6 Å². The van der Waals surface area contributed by atoms with E-state index in [9.17, 15) is 14.7 Å². The molecule has 22 heavy (non-hydrogen) atoms. The maximum atomic E-state index is 12.4. The Morgan fingerprint density at radius 3 is 2.45 bits per heavy atom. The molecule has 3 N–H and O–H groups in total. The number of likely N-dealkylation sites (tertiary alicyclic amines) is 1. The van der Waals surface area contributed by atoms with Gasteiger partial charge in [-0.3, -0.25) is 4.79 Å². The lowest BCUT2D eigenvalue weighted by molar-refractivity contribution is 0.0179. The molecule has 1 aromatic rings. The average molecular weight is 328 g/mol. The summed E-state index contributed by atoms with van der Waals surface area (Å²) in [6.07, 6.45) is 0.465. The van der Waals surface area contributed by atoms with E-state index in [1.165, 1.54) is 18.2 Å². The van der Waals surface area contributed by atoms with E-state index in [0.717, 1.165) is 0 Å². The van der Waals surface area contributed by atoms with Gasteiger partial charge in [0.05, 0.1) is 28.9 Å². The van der Waals surface area contributed by atoms with E-state index in [0.29, 0.717) is 25.9 Å². The van der Waals surface area contributed by atoms with Gasteiger partial charge in [-0.15, -0.1) is 0 Å². The number of aromatic carboxylic acids is 1. The van der Waals surface area contributed by atoms with Crippen molar-refractivity contribution < 1.29 is 24.9 Å². The predicted molar refractivity (Wildman–Crippen MR) is 80.1 cm³/mol. The number of carboxylic acids is 1. The quantitative estimate of drug-likeness (QED) is 0.773. The molecular weight excluding hydrogens is 310 g/mol. The van der Waals surface area contributed by atoms with Crippen LogP contribution in [0.2, 0.25) is 5.02 Å². The SMILES string of the molecule is O=C(O)c1ccc(C(=O)N2CCC(C(O)CO)CC2)c(Cl)c1. The maximum Gasteiger partial charge on any atom is 0.335 e. The van der Waals surface area contributed by atoms with Crippen molar-refractivity contribution >= 4 is 23.5 Å². The van der Waals surface area contributed by atoms with E-state index in [1.807, 2.05) is 0 Å². The van der Waals surface area contributed by atoms with Crippen molar-refractivity contribution in [3.63, 3.8) is 0 Å². The highest BCUT2D eigenvalue weighted by molar-refractivity contribution is 6.34. The number of nitrogens with zero attached hydrogens (tertiary/aromatic N) is 1. The standard InChI is InChI=1S/C15H18ClNO5/c16-12-7-10(15(21)22)1-2-11(12)14(20)17-5-3-9(4-6-17)13(19)8-18/h1-2,7,9,13,18-19H,3-6,8H2,(H,21,22). The van der Waals surface area contributed by atoms with Crippen molar-refractivity contribution in [2.75, 3.05) is 19.7 Å². The molecule has 1 amide bonds. The number of carbonyl (C=O) groups excluding carboxylic acids is 1. The first-order valence-electron chi connectivity index (χ1n) is 7.05. The minimum atomic E-state index is -1.10. The maximum absolute atomic E-state index is 12.4. The fraction of sp³-hybridized carbons (Fsp3) is 0.467. The van der Waals surface area contributed by atoms with Gasteiger partial charge in [-0.05, 0) is 37.0 Å². The number of benzene rings is 1. The Morgan fingerprint density at radius 2 is 1.95 bits per heavy atom. The smallest absolute Gasteiger partial charge is 0.335 e. The van der Waals surface area contributed by atoms with Crippen molar-refractivity contribution in [1.82, 2.24) is 4.90 Å². The number of carbonyl (C=O) groups is 2. The number of hydrogen-bond acceptors (Lipinski definition) is 4. The first kappa shape index (κ1) is 16.7. The molecule has 1 saturated heterocycles. The van der Waals surface area contributed by atoms with Crippen LogP contribution in [0, 0.1) is 5.92 Å². The van der Waals surface area contributed by atoms with Gasteiger partial charge in [0.2, 0.25) is 0 Å². The number of amides is 1. The normalized spacial score (nSPS) is 17.3. The topological polar surface area (TPSA) is 98.1 Å². The summed E-state index contributed by atoms with van der Waals surface area (Å²) in [6, 6.07) is 4.03. The van der Waals surface area contributed by atoms with Gasteiger partial charge < -0.3 is 20.2 Å². The summed E-state index contributed by atoms with van der Waals surface area (Å²) in [5, 5.41) is 27.6. The number of carboxylic acid groups (broad SMARTS) is 1. The summed E-state index contributed by atoms with van der Waals surface area (Å²) >= 11 is 6.01. The van der Waals surface area contributed by atoms with Gasteiger partial charge >= 0.3 is 5.97 Å². The van der Waals surface area contributed by atoms with Crippen LogP contribution in [0.25, 0.3) is 0 Å². The molecule has 7 heteroatoms. The number of rotatable bonds is 4. The highest BCUT2D eigenvalue weighted by Gasteiger charge is 2.28. The van der Waals surface area contributed by atoms with Crippen LogP contribution in [0.1, 0.15) is 33.6 Å². The van der Waals surface area contributed by atoms with Gasteiger partial charge in [0.1, 0.15) is 0 Å². The summed E-state index contributed by atoms with van der Waals surface area (Å²) in [7, 11) is 0. The first-order chi connectivity index (χ1) is 10.4. The van der Waals surface area contributed by atoms with E-state index in [1.54, 1.807) is 4.90 Å². The fourth-order valence-corrected chi connectivity index (χ4v) is 2.89. The van der Waals surface area contributed by atoms with Crippen LogP contribution < -0.4 is 0 Å². The summed E-state index contributed by atoms with van der Waals surface area (Å²) in [4.78, 5) is 24.9. The Morgan fingerprint density at radius 1 is 1.32 bits per heavy atom. The van der Waals surface area contributed by atoms with E-state index in [4.69, 9.17) is 21.8 Å². The lowest BCUT2D eigenvalue weighted by Gasteiger charge is -2.34. The molecule has 1 aromatic carbocycles. The molecule has 0 radical (unpaired) electrons. The molecule has 0 saturated carbocycles. The molecule has 6 nitrogen and oxygen atoms in total. The molecule has 0 aromatic heterocycles. The molecule has 1 atom stereocenters.